The number of rotatable bonds is 5. The summed E-state index contributed by atoms with van der Waals surface area (Å²) in [6.07, 6.45) is 0.547. The summed E-state index contributed by atoms with van der Waals surface area (Å²) in [5, 5.41) is 11.5. The van der Waals surface area contributed by atoms with E-state index in [-0.39, 0.29) is 18.4 Å². The molecule has 1 unspecified atom stereocenters. The smallest absolute Gasteiger partial charge is 0.305 e. The summed E-state index contributed by atoms with van der Waals surface area (Å²) in [4.78, 5) is 22.7. The van der Waals surface area contributed by atoms with Gasteiger partial charge in [0, 0.05) is 9.61 Å². The van der Waals surface area contributed by atoms with Gasteiger partial charge in [0.1, 0.15) is 0 Å². The quantitative estimate of drug-likeness (QED) is 0.793. The molecule has 0 saturated carbocycles. The Labute approximate surface area is 120 Å². The number of nitrogens with one attached hydrogen (secondary N) is 1. The number of carbonyl (C=O) groups is 2. The fourth-order valence-corrected chi connectivity index (χ4v) is 2.20. The second-order valence-electron chi connectivity index (χ2n) is 4.11. The van der Waals surface area contributed by atoms with E-state index >= 15 is 0 Å². The van der Waals surface area contributed by atoms with E-state index in [1.807, 2.05) is 26.0 Å². The van der Waals surface area contributed by atoms with E-state index < -0.39 is 5.97 Å². The van der Waals surface area contributed by atoms with Crippen molar-refractivity contribution in [2.24, 2.45) is 0 Å². The summed E-state index contributed by atoms with van der Waals surface area (Å²) in [7, 11) is 0. The van der Waals surface area contributed by atoms with Gasteiger partial charge in [-0.05, 0) is 47.6 Å². The first-order valence-corrected chi connectivity index (χ1v) is 6.81. The molecule has 0 aliphatic carbocycles. The fourth-order valence-electron chi connectivity index (χ4n) is 1.59. The zero-order chi connectivity index (χ0) is 13.7. The molecule has 1 aromatic rings. The molecule has 2 N–H and O–H groups in total. The zero-order valence-corrected chi connectivity index (χ0v) is 12.5. The van der Waals surface area contributed by atoms with Gasteiger partial charge in [0.25, 0.3) is 5.91 Å². The monoisotopic (exact) mass is 361 g/mol. The largest absolute Gasteiger partial charge is 0.481 e. The highest BCUT2D eigenvalue weighted by molar-refractivity contribution is 14.1. The van der Waals surface area contributed by atoms with E-state index in [1.165, 1.54) is 0 Å². The Morgan fingerprint density at radius 3 is 2.67 bits per heavy atom. The highest BCUT2D eigenvalue weighted by Gasteiger charge is 2.17. The lowest BCUT2D eigenvalue weighted by atomic mass is 10.1. The third-order valence-corrected chi connectivity index (χ3v) is 4.12. The maximum Gasteiger partial charge on any atom is 0.305 e. The number of hydrogen-bond donors (Lipinski definition) is 2. The molecule has 0 heterocycles. The fraction of sp³-hybridized carbons (Fsp3) is 0.385. The van der Waals surface area contributed by atoms with Crippen LogP contribution in [0.5, 0.6) is 0 Å². The first kappa shape index (κ1) is 14.9. The van der Waals surface area contributed by atoms with Crippen molar-refractivity contribution in [2.75, 3.05) is 0 Å². The minimum Gasteiger partial charge on any atom is -0.481 e. The van der Waals surface area contributed by atoms with Crippen LogP contribution in [0, 0.1) is 10.5 Å². The van der Waals surface area contributed by atoms with Crippen LogP contribution in [0.15, 0.2) is 18.2 Å². The van der Waals surface area contributed by atoms with Crippen LogP contribution in [0.4, 0.5) is 0 Å². The predicted octanol–water partition coefficient (Wildman–Crippen LogP) is 2.58. The van der Waals surface area contributed by atoms with E-state index in [0.29, 0.717) is 12.0 Å². The molecule has 0 radical (unpaired) electrons. The third-order valence-electron chi connectivity index (χ3n) is 2.69. The lowest BCUT2D eigenvalue weighted by Crippen LogP contribution is -2.36. The Morgan fingerprint density at radius 2 is 2.11 bits per heavy atom. The average molecular weight is 361 g/mol. The third kappa shape index (κ3) is 3.97. The highest BCUT2D eigenvalue weighted by Crippen LogP contribution is 2.17. The van der Waals surface area contributed by atoms with Gasteiger partial charge in [-0.2, -0.15) is 0 Å². The number of carbonyl (C=O) groups excluding carboxylic acids is 1. The van der Waals surface area contributed by atoms with Gasteiger partial charge < -0.3 is 10.4 Å². The van der Waals surface area contributed by atoms with Crippen molar-refractivity contribution in [3.05, 3.63) is 32.9 Å². The molecule has 0 aliphatic heterocycles. The van der Waals surface area contributed by atoms with Crippen molar-refractivity contribution in [3.63, 3.8) is 0 Å². The Bertz CT molecular complexity index is 460. The Morgan fingerprint density at radius 1 is 1.44 bits per heavy atom. The minimum atomic E-state index is -0.902. The van der Waals surface area contributed by atoms with Gasteiger partial charge in [0.05, 0.1) is 12.0 Å². The number of aryl methyl sites for hydroxylation is 1. The number of benzene rings is 1. The molecule has 0 bridgehead atoms. The number of amides is 1. The summed E-state index contributed by atoms with van der Waals surface area (Å²) >= 11 is 2.13. The first-order valence-electron chi connectivity index (χ1n) is 5.73. The van der Waals surface area contributed by atoms with Crippen molar-refractivity contribution in [1.82, 2.24) is 5.32 Å². The van der Waals surface area contributed by atoms with Crippen LogP contribution >= 0.6 is 22.6 Å². The first-order chi connectivity index (χ1) is 8.45. The Hall–Kier alpha value is -1.11. The molecule has 0 aromatic heterocycles. The molecule has 98 valence electrons. The predicted molar refractivity (Wildman–Crippen MR) is 77.7 cm³/mol. The van der Waals surface area contributed by atoms with Gasteiger partial charge in [-0.15, -0.1) is 0 Å². The van der Waals surface area contributed by atoms with Crippen LogP contribution in [-0.4, -0.2) is 23.0 Å². The van der Waals surface area contributed by atoms with Gasteiger partial charge in [-0.1, -0.05) is 19.1 Å². The molecule has 0 fully saturated rings. The summed E-state index contributed by atoms with van der Waals surface area (Å²) in [6, 6.07) is 5.18. The SMILES string of the molecule is CCC(CC(=O)O)NC(=O)c1cccc(C)c1I. The zero-order valence-electron chi connectivity index (χ0n) is 10.4. The van der Waals surface area contributed by atoms with E-state index in [1.54, 1.807) is 6.07 Å². The van der Waals surface area contributed by atoms with Crippen molar-refractivity contribution in [1.29, 1.82) is 0 Å². The summed E-state index contributed by atoms with van der Waals surface area (Å²) in [5.74, 6) is -1.11. The molecule has 1 atom stereocenters. The van der Waals surface area contributed by atoms with Crippen molar-refractivity contribution in [3.8, 4) is 0 Å². The number of aliphatic carboxylic acids is 1. The van der Waals surface area contributed by atoms with Crippen LogP contribution in [-0.2, 0) is 4.79 Å². The summed E-state index contributed by atoms with van der Waals surface area (Å²) in [5.41, 5.74) is 1.63. The van der Waals surface area contributed by atoms with Crippen molar-refractivity contribution >= 4 is 34.5 Å². The second kappa shape index (κ2) is 6.72. The van der Waals surface area contributed by atoms with Gasteiger partial charge in [-0.25, -0.2) is 0 Å². The van der Waals surface area contributed by atoms with Gasteiger partial charge >= 0.3 is 5.97 Å². The average Bonchev–Trinajstić information content (AvgIpc) is 2.31. The van der Waals surface area contributed by atoms with Crippen LogP contribution in [0.2, 0.25) is 0 Å². The molecule has 0 aliphatic rings. The van der Waals surface area contributed by atoms with Gasteiger partial charge in [0.15, 0.2) is 0 Å². The van der Waals surface area contributed by atoms with Gasteiger partial charge in [-0.3, -0.25) is 9.59 Å². The summed E-state index contributed by atoms with van der Waals surface area (Å²) < 4.78 is 0.901. The molecule has 1 rings (SSSR count). The summed E-state index contributed by atoms with van der Waals surface area (Å²) in [6.45, 7) is 3.79. The van der Waals surface area contributed by atoms with E-state index in [0.717, 1.165) is 9.13 Å². The molecule has 0 spiro atoms. The molecular weight excluding hydrogens is 345 g/mol. The van der Waals surface area contributed by atoms with E-state index in [9.17, 15) is 9.59 Å². The number of hydrogen-bond acceptors (Lipinski definition) is 2. The molecule has 5 heteroatoms. The van der Waals surface area contributed by atoms with Crippen LogP contribution in [0.1, 0.15) is 35.7 Å². The van der Waals surface area contributed by atoms with Crippen LogP contribution in [0.3, 0.4) is 0 Å². The molecule has 18 heavy (non-hydrogen) atoms. The highest BCUT2D eigenvalue weighted by atomic mass is 127. The number of halogens is 1. The maximum absolute atomic E-state index is 12.1. The molecule has 4 nitrogen and oxygen atoms in total. The topological polar surface area (TPSA) is 66.4 Å². The second-order valence-corrected chi connectivity index (χ2v) is 5.19. The van der Waals surface area contributed by atoms with Gasteiger partial charge in [0.2, 0.25) is 0 Å². The number of carboxylic acids is 1. The minimum absolute atomic E-state index is 0.0510. The van der Waals surface area contributed by atoms with Crippen molar-refractivity contribution < 1.29 is 14.7 Å². The maximum atomic E-state index is 12.1. The molecule has 0 saturated heterocycles. The number of carboxylic acid groups (broad SMARTS) is 1. The van der Waals surface area contributed by atoms with E-state index in [2.05, 4.69) is 27.9 Å². The lowest BCUT2D eigenvalue weighted by Gasteiger charge is -2.15. The van der Waals surface area contributed by atoms with E-state index in [4.69, 9.17) is 5.11 Å². The molecule has 1 amide bonds. The Kier molecular flexibility index (Phi) is 5.58. The normalized spacial score (nSPS) is 11.9. The van der Waals surface area contributed by atoms with Crippen LogP contribution < -0.4 is 5.32 Å². The molecular formula is C13H16INO3. The lowest BCUT2D eigenvalue weighted by molar-refractivity contribution is -0.137. The van der Waals surface area contributed by atoms with Crippen molar-refractivity contribution in [2.45, 2.75) is 32.7 Å². The molecule has 1 aromatic carbocycles. The van der Waals surface area contributed by atoms with Crippen LogP contribution in [0.25, 0.3) is 0 Å². The standard InChI is InChI=1S/C13H16INO3/c1-3-9(7-11(16)17)15-13(18)10-6-4-5-8(2)12(10)14/h4-6,9H,3,7H2,1-2H3,(H,15,18)(H,16,17). The Balaban J connectivity index is 2.81.